The molecule has 16 heavy (non-hydrogen) atoms. The predicted molar refractivity (Wildman–Crippen MR) is 71.1 cm³/mol. The Morgan fingerprint density at radius 1 is 1.12 bits per heavy atom. The Hall–Kier alpha value is -0.480. The smallest absolute Gasteiger partial charge is 0.170 e. The van der Waals surface area contributed by atoms with Gasteiger partial charge in [-0.05, 0) is 18.6 Å². The van der Waals surface area contributed by atoms with Gasteiger partial charge >= 0.3 is 0 Å². The molecule has 0 atom stereocenters. The van der Waals surface area contributed by atoms with Crippen LogP contribution in [0.5, 0.6) is 0 Å². The van der Waals surface area contributed by atoms with Crippen LogP contribution in [-0.2, 0) is 4.79 Å². The second kappa shape index (κ2) is 6.97. The second-order valence-corrected chi connectivity index (χ2v) is 5.15. The number of rotatable bonds is 6. The standard InChI is InChI=1S/C12H12Br2O2/c13-7-1-2-11(15)8-12(16)9-3-5-10(14)6-4-9/h3-6H,1-2,7-8H2. The van der Waals surface area contributed by atoms with Crippen molar-refractivity contribution in [2.24, 2.45) is 0 Å². The van der Waals surface area contributed by atoms with Crippen LogP contribution in [0.1, 0.15) is 29.6 Å². The fourth-order valence-corrected chi connectivity index (χ4v) is 1.81. The number of halogens is 2. The maximum Gasteiger partial charge on any atom is 0.170 e. The largest absolute Gasteiger partial charge is 0.299 e. The zero-order valence-electron chi connectivity index (χ0n) is 8.71. The van der Waals surface area contributed by atoms with Gasteiger partial charge in [-0.25, -0.2) is 0 Å². The van der Waals surface area contributed by atoms with E-state index in [0.717, 1.165) is 16.2 Å². The van der Waals surface area contributed by atoms with E-state index in [1.807, 2.05) is 0 Å². The molecule has 4 heteroatoms. The van der Waals surface area contributed by atoms with Gasteiger partial charge in [-0.1, -0.05) is 44.0 Å². The molecule has 0 aliphatic heterocycles. The van der Waals surface area contributed by atoms with Crippen molar-refractivity contribution in [3.63, 3.8) is 0 Å². The molecule has 1 rings (SSSR count). The Kier molecular flexibility index (Phi) is 5.91. The van der Waals surface area contributed by atoms with Gasteiger partial charge in [0, 0.05) is 21.8 Å². The summed E-state index contributed by atoms with van der Waals surface area (Å²) in [6.07, 6.45) is 1.26. The molecule has 0 heterocycles. The predicted octanol–water partition coefficient (Wildman–Crippen LogP) is 3.77. The quantitative estimate of drug-likeness (QED) is 0.446. The van der Waals surface area contributed by atoms with Crippen LogP contribution in [0.4, 0.5) is 0 Å². The molecular weight excluding hydrogens is 336 g/mol. The molecule has 0 amide bonds. The molecule has 0 bridgehead atoms. The van der Waals surface area contributed by atoms with Crippen LogP contribution in [0.25, 0.3) is 0 Å². The molecule has 0 saturated carbocycles. The normalized spacial score (nSPS) is 10.1. The lowest BCUT2D eigenvalue weighted by molar-refractivity contribution is -0.118. The lowest BCUT2D eigenvalue weighted by Crippen LogP contribution is -2.08. The summed E-state index contributed by atoms with van der Waals surface area (Å²) >= 11 is 6.55. The average Bonchev–Trinajstić information content (AvgIpc) is 2.27. The fraction of sp³-hybridized carbons (Fsp3) is 0.333. The lowest BCUT2D eigenvalue weighted by Gasteiger charge is -2.00. The Bertz CT molecular complexity index is 371. The minimum absolute atomic E-state index is 0.00682. The minimum atomic E-state index is -0.105. The summed E-state index contributed by atoms with van der Waals surface area (Å²) in [6, 6.07) is 7.06. The van der Waals surface area contributed by atoms with E-state index in [1.54, 1.807) is 24.3 Å². The fourth-order valence-electron chi connectivity index (χ4n) is 1.27. The summed E-state index contributed by atoms with van der Waals surface area (Å²) in [5.41, 5.74) is 0.593. The summed E-state index contributed by atoms with van der Waals surface area (Å²) in [5.74, 6) is -0.0977. The van der Waals surface area contributed by atoms with Gasteiger partial charge in [-0.2, -0.15) is 0 Å². The van der Waals surface area contributed by atoms with Crippen LogP contribution in [0.3, 0.4) is 0 Å². The highest BCUT2D eigenvalue weighted by Crippen LogP contribution is 2.12. The van der Waals surface area contributed by atoms with E-state index in [1.165, 1.54) is 0 Å². The van der Waals surface area contributed by atoms with Crippen LogP contribution in [-0.4, -0.2) is 16.9 Å². The highest BCUT2D eigenvalue weighted by molar-refractivity contribution is 9.10. The van der Waals surface area contributed by atoms with Crippen molar-refractivity contribution >= 4 is 43.4 Å². The summed E-state index contributed by atoms with van der Waals surface area (Å²) in [6.45, 7) is 0. The van der Waals surface area contributed by atoms with Gasteiger partial charge in [0.2, 0.25) is 0 Å². The monoisotopic (exact) mass is 346 g/mol. The molecular formula is C12H12Br2O2. The van der Waals surface area contributed by atoms with E-state index >= 15 is 0 Å². The molecule has 0 fully saturated rings. The van der Waals surface area contributed by atoms with E-state index in [9.17, 15) is 9.59 Å². The minimum Gasteiger partial charge on any atom is -0.299 e. The first-order valence-electron chi connectivity index (χ1n) is 5.00. The summed E-state index contributed by atoms with van der Waals surface area (Å²) < 4.78 is 0.926. The SMILES string of the molecule is O=C(CCCBr)CC(=O)c1ccc(Br)cc1. The molecule has 1 aromatic carbocycles. The zero-order valence-corrected chi connectivity index (χ0v) is 11.9. The molecule has 86 valence electrons. The van der Waals surface area contributed by atoms with E-state index in [4.69, 9.17) is 0 Å². The number of carbonyl (C=O) groups is 2. The Morgan fingerprint density at radius 2 is 1.75 bits per heavy atom. The van der Waals surface area contributed by atoms with Gasteiger partial charge in [0.15, 0.2) is 5.78 Å². The van der Waals surface area contributed by atoms with Crippen LogP contribution < -0.4 is 0 Å². The molecule has 0 spiro atoms. The summed E-state index contributed by atoms with van der Waals surface area (Å²) in [5, 5.41) is 0.797. The number of hydrogen-bond acceptors (Lipinski definition) is 2. The average molecular weight is 348 g/mol. The summed E-state index contributed by atoms with van der Waals surface area (Å²) in [7, 11) is 0. The first kappa shape index (κ1) is 13.6. The molecule has 1 aromatic rings. The van der Waals surface area contributed by atoms with Crippen molar-refractivity contribution in [2.75, 3.05) is 5.33 Å². The van der Waals surface area contributed by atoms with E-state index < -0.39 is 0 Å². The Balaban J connectivity index is 2.52. The van der Waals surface area contributed by atoms with Gasteiger partial charge in [0.05, 0.1) is 6.42 Å². The van der Waals surface area contributed by atoms with Crippen molar-refractivity contribution < 1.29 is 9.59 Å². The Morgan fingerprint density at radius 3 is 2.31 bits per heavy atom. The van der Waals surface area contributed by atoms with Crippen LogP contribution in [0.2, 0.25) is 0 Å². The highest BCUT2D eigenvalue weighted by Gasteiger charge is 2.11. The third kappa shape index (κ3) is 4.58. The zero-order chi connectivity index (χ0) is 12.0. The number of hydrogen-bond donors (Lipinski definition) is 0. The van der Waals surface area contributed by atoms with Crippen molar-refractivity contribution in [2.45, 2.75) is 19.3 Å². The van der Waals surface area contributed by atoms with Crippen LogP contribution in [0.15, 0.2) is 28.7 Å². The van der Waals surface area contributed by atoms with Crippen LogP contribution in [0, 0.1) is 0 Å². The topological polar surface area (TPSA) is 34.1 Å². The number of Topliss-reactive ketones (excluding diaryl/α,β-unsaturated/α-hetero) is 2. The van der Waals surface area contributed by atoms with E-state index in [-0.39, 0.29) is 18.0 Å². The summed E-state index contributed by atoms with van der Waals surface area (Å²) in [4.78, 5) is 23.1. The van der Waals surface area contributed by atoms with Gasteiger partial charge < -0.3 is 0 Å². The van der Waals surface area contributed by atoms with Gasteiger partial charge in [-0.15, -0.1) is 0 Å². The number of alkyl halides is 1. The van der Waals surface area contributed by atoms with E-state index in [2.05, 4.69) is 31.9 Å². The first-order chi connectivity index (χ1) is 7.63. The number of ketones is 2. The maximum absolute atomic E-state index is 11.7. The van der Waals surface area contributed by atoms with Crippen molar-refractivity contribution in [1.29, 1.82) is 0 Å². The van der Waals surface area contributed by atoms with Crippen molar-refractivity contribution in [3.8, 4) is 0 Å². The molecule has 0 aromatic heterocycles. The molecule has 2 nitrogen and oxygen atoms in total. The van der Waals surface area contributed by atoms with Gasteiger partial charge in [-0.3, -0.25) is 9.59 Å². The second-order valence-electron chi connectivity index (χ2n) is 3.44. The van der Waals surface area contributed by atoms with E-state index in [0.29, 0.717) is 12.0 Å². The number of benzene rings is 1. The first-order valence-corrected chi connectivity index (χ1v) is 6.91. The molecule has 0 N–H and O–H groups in total. The highest BCUT2D eigenvalue weighted by atomic mass is 79.9. The third-order valence-electron chi connectivity index (χ3n) is 2.11. The van der Waals surface area contributed by atoms with Crippen molar-refractivity contribution in [3.05, 3.63) is 34.3 Å². The molecule has 0 aliphatic carbocycles. The van der Waals surface area contributed by atoms with Crippen molar-refractivity contribution in [1.82, 2.24) is 0 Å². The number of carbonyl (C=O) groups excluding carboxylic acids is 2. The van der Waals surface area contributed by atoms with Gasteiger partial charge in [0.25, 0.3) is 0 Å². The van der Waals surface area contributed by atoms with Gasteiger partial charge in [0.1, 0.15) is 5.78 Å². The Labute approximate surface area is 112 Å². The maximum atomic E-state index is 11.7. The molecule has 0 aliphatic rings. The lowest BCUT2D eigenvalue weighted by atomic mass is 10.0. The molecule has 0 saturated heterocycles. The third-order valence-corrected chi connectivity index (χ3v) is 3.20. The van der Waals surface area contributed by atoms with Crippen LogP contribution >= 0.6 is 31.9 Å². The molecule has 0 radical (unpaired) electrons. The molecule has 0 unspecified atom stereocenters.